The molecule has 0 unspecified atom stereocenters. The summed E-state index contributed by atoms with van der Waals surface area (Å²) in [5.74, 6) is -0.494. The molecule has 0 bridgehead atoms. The predicted octanol–water partition coefficient (Wildman–Crippen LogP) is 20.0. The maximum Gasteiger partial charge on any atom is 0.306 e. The van der Waals surface area contributed by atoms with Gasteiger partial charge < -0.3 is 14.2 Å². The number of hydrogen-bond acceptors (Lipinski definition) is 5. The summed E-state index contributed by atoms with van der Waals surface area (Å²) in [7, 11) is 0. The molecule has 0 aromatic carbocycles. The van der Waals surface area contributed by atoms with Gasteiger partial charge in [0.15, 0.2) is 6.10 Å². The van der Waals surface area contributed by atoms with Gasteiger partial charge in [-0.1, -0.05) is 260 Å². The summed E-state index contributed by atoms with van der Waals surface area (Å²) in [5, 5.41) is 0. The Labute approximate surface area is 422 Å². The second-order valence-corrected chi connectivity index (χ2v) is 19.2. The van der Waals surface area contributed by atoms with Crippen LogP contribution in [0.5, 0.6) is 0 Å². The SMILES string of the molecule is CCCCC/C=C\C/C=C\C/C=C\C/C=C\C/C=C\CCC(=O)O[C@H](COCCCCCCCCCCCCCCCCCC)COC(=O)CCCCCCCCC/C=C\C/C=C\CCCCC. The lowest BCUT2D eigenvalue weighted by Crippen LogP contribution is -2.30. The van der Waals surface area contributed by atoms with Crippen LogP contribution in [-0.4, -0.2) is 37.9 Å². The second-order valence-electron chi connectivity index (χ2n) is 19.2. The Kier molecular flexibility index (Phi) is 55.9. The van der Waals surface area contributed by atoms with Gasteiger partial charge in [0.05, 0.1) is 6.61 Å². The molecule has 0 fully saturated rings. The molecule has 0 amide bonds. The number of rotatable bonds is 53. The van der Waals surface area contributed by atoms with Gasteiger partial charge >= 0.3 is 11.9 Å². The lowest BCUT2D eigenvalue weighted by molar-refractivity contribution is -0.162. The molecule has 0 spiro atoms. The molecule has 0 aliphatic heterocycles. The van der Waals surface area contributed by atoms with E-state index in [4.69, 9.17) is 14.2 Å². The molecule has 392 valence electrons. The number of hydrogen-bond donors (Lipinski definition) is 0. The fourth-order valence-electron chi connectivity index (χ4n) is 8.05. The number of ether oxygens (including phenoxy) is 3. The Morgan fingerprint density at radius 2 is 0.647 bits per heavy atom. The zero-order chi connectivity index (χ0) is 49.2. The van der Waals surface area contributed by atoms with E-state index in [1.54, 1.807) is 0 Å². The number of carbonyl (C=O) groups is 2. The van der Waals surface area contributed by atoms with Crippen LogP contribution in [0.4, 0.5) is 0 Å². The zero-order valence-electron chi connectivity index (χ0n) is 45.1. The smallest absolute Gasteiger partial charge is 0.306 e. The highest BCUT2D eigenvalue weighted by Crippen LogP contribution is 2.15. The summed E-state index contributed by atoms with van der Waals surface area (Å²) < 4.78 is 17.4. The van der Waals surface area contributed by atoms with Crippen molar-refractivity contribution in [2.24, 2.45) is 0 Å². The first kappa shape index (κ1) is 65.1. The molecule has 0 saturated carbocycles. The van der Waals surface area contributed by atoms with Gasteiger partial charge in [0.25, 0.3) is 0 Å². The van der Waals surface area contributed by atoms with E-state index < -0.39 is 6.10 Å². The van der Waals surface area contributed by atoms with Gasteiger partial charge in [-0.05, 0) is 89.9 Å². The first-order valence-electron chi connectivity index (χ1n) is 29.1. The van der Waals surface area contributed by atoms with Gasteiger partial charge in [-0.3, -0.25) is 9.59 Å². The number of unbranched alkanes of at least 4 members (excludes halogenated alkanes) is 28. The van der Waals surface area contributed by atoms with Gasteiger partial charge in [-0.25, -0.2) is 0 Å². The van der Waals surface area contributed by atoms with Crippen LogP contribution in [0.15, 0.2) is 85.1 Å². The Morgan fingerprint density at radius 3 is 1.07 bits per heavy atom. The molecule has 0 radical (unpaired) electrons. The lowest BCUT2D eigenvalue weighted by Gasteiger charge is -2.18. The Hall–Kier alpha value is -2.92. The highest BCUT2D eigenvalue weighted by atomic mass is 16.6. The van der Waals surface area contributed by atoms with Gasteiger partial charge in [-0.2, -0.15) is 0 Å². The molecule has 0 aliphatic carbocycles. The first-order valence-corrected chi connectivity index (χ1v) is 29.1. The quantitative estimate of drug-likeness (QED) is 0.0345. The molecule has 0 rings (SSSR count). The van der Waals surface area contributed by atoms with Crippen molar-refractivity contribution >= 4 is 11.9 Å². The molecule has 0 aromatic rings. The van der Waals surface area contributed by atoms with Gasteiger partial charge in [0, 0.05) is 19.4 Å². The number of esters is 2. The maximum absolute atomic E-state index is 12.8. The van der Waals surface area contributed by atoms with E-state index >= 15 is 0 Å². The van der Waals surface area contributed by atoms with Crippen molar-refractivity contribution in [3.05, 3.63) is 85.1 Å². The third-order valence-corrected chi connectivity index (χ3v) is 12.4. The minimum Gasteiger partial charge on any atom is -0.462 e. The van der Waals surface area contributed by atoms with E-state index in [9.17, 15) is 9.59 Å². The third kappa shape index (κ3) is 55.7. The van der Waals surface area contributed by atoms with Crippen LogP contribution in [0.2, 0.25) is 0 Å². The summed E-state index contributed by atoms with van der Waals surface area (Å²) in [6, 6.07) is 0. The molecule has 5 nitrogen and oxygen atoms in total. The van der Waals surface area contributed by atoms with Crippen molar-refractivity contribution in [2.75, 3.05) is 19.8 Å². The van der Waals surface area contributed by atoms with E-state index in [0.29, 0.717) is 25.9 Å². The molecule has 0 saturated heterocycles. The van der Waals surface area contributed by atoms with E-state index in [2.05, 4.69) is 99.8 Å². The molecular formula is C63H110O5. The summed E-state index contributed by atoms with van der Waals surface area (Å²) in [6.45, 7) is 7.72. The third-order valence-electron chi connectivity index (χ3n) is 12.4. The summed E-state index contributed by atoms with van der Waals surface area (Å²) in [4.78, 5) is 25.5. The first-order chi connectivity index (χ1) is 33.6. The minimum absolute atomic E-state index is 0.0507. The lowest BCUT2D eigenvalue weighted by atomic mass is 10.0. The van der Waals surface area contributed by atoms with Crippen LogP contribution < -0.4 is 0 Å². The normalized spacial score (nSPS) is 12.8. The van der Waals surface area contributed by atoms with Crippen LogP contribution in [0.1, 0.15) is 278 Å². The average Bonchev–Trinajstić information content (AvgIpc) is 3.34. The van der Waals surface area contributed by atoms with Crippen LogP contribution in [-0.2, 0) is 23.8 Å². The van der Waals surface area contributed by atoms with Crippen LogP contribution in [0.25, 0.3) is 0 Å². The van der Waals surface area contributed by atoms with Crippen LogP contribution in [0, 0.1) is 0 Å². The summed E-state index contributed by atoms with van der Waals surface area (Å²) >= 11 is 0. The maximum atomic E-state index is 12.8. The van der Waals surface area contributed by atoms with Gasteiger partial charge in [-0.15, -0.1) is 0 Å². The van der Waals surface area contributed by atoms with Crippen molar-refractivity contribution in [1.82, 2.24) is 0 Å². The standard InChI is InChI=1S/C63H110O5/c1-4-7-10-13-16-19-22-25-28-31-32-34-36-39-42-45-48-51-54-57-63(65)68-61(59-66-58-55-52-49-46-43-40-37-30-27-24-21-18-15-12-9-6-3)60-67-62(64)56-53-50-47-44-41-38-35-33-29-26-23-20-17-14-11-8-5-2/h16-17,19-20,25-26,28-29,32,34,39,42,48,51,61H,4-15,18,21-24,27,30-31,33,35-38,40-41,43-47,49-50,52-60H2,1-3H3/b19-16-,20-17-,28-25-,29-26-,34-32-,42-39-,51-48-/t61-/m1/s1. The van der Waals surface area contributed by atoms with Gasteiger partial charge in [0.2, 0.25) is 0 Å². The molecule has 1 atom stereocenters. The monoisotopic (exact) mass is 947 g/mol. The Balaban J connectivity index is 4.40. The Bertz CT molecular complexity index is 1250. The van der Waals surface area contributed by atoms with Crippen molar-refractivity contribution in [3.8, 4) is 0 Å². The second kappa shape index (κ2) is 58.4. The fraction of sp³-hybridized carbons (Fsp3) is 0.746. The van der Waals surface area contributed by atoms with Crippen LogP contribution in [0.3, 0.4) is 0 Å². The molecule has 68 heavy (non-hydrogen) atoms. The zero-order valence-corrected chi connectivity index (χ0v) is 45.1. The number of allylic oxidation sites excluding steroid dienone is 14. The largest absolute Gasteiger partial charge is 0.462 e. The summed E-state index contributed by atoms with van der Waals surface area (Å²) in [6.07, 6.45) is 77.5. The van der Waals surface area contributed by atoms with Crippen molar-refractivity contribution in [3.63, 3.8) is 0 Å². The van der Waals surface area contributed by atoms with E-state index in [-0.39, 0.29) is 25.2 Å². The van der Waals surface area contributed by atoms with Crippen LogP contribution >= 0.6 is 0 Å². The molecular weight excluding hydrogens is 837 g/mol. The Morgan fingerprint density at radius 1 is 0.324 bits per heavy atom. The van der Waals surface area contributed by atoms with Crippen molar-refractivity contribution < 1.29 is 23.8 Å². The average molecular weight is 948 g/mol. The van der Waals surface area contributed by atoms with E-state index in [1.807, 2.05) is 6.08 Å². The highest BCUT2D eigenvalue weighted by molar-refractivity contribution is 5.70. The number of carbonyl (C=O) groups excluding carboxylic acids is 2. The molecule has 0 N–H and O–H groups in total. The topological polar surface area (TPSA) is 61.8 Å². The molecule has 0 aromatic heterocycles. The van der Waals surface area contributed by atoms with E-state index in [1.165, 1.54) is 173 Å². The molecule has 0 heterocycles. The minimum atomic E-state index is -0.581. The van der Waals surface area contributed by atoms with E-state index in [0.717, 1.165) is 64.2 Å². The molecule has 0 aliphatic rings. The van der Waals surface area contributed by atoms with Crippen molar-refractivity contribution in [2.45, 2.75) is 284 Å². The fourth-order valence-corrected chi connectivity index (χ4v) is 8.05. The summed E-state index contributed by atoms with van der Waals surface area (Å²) in [5.41, 5.74) is 0. The van der Waals surface area contributed by atoms with Crippen molar-refractivity contribution in [1.29, 1.82) is 0 Å². The molecule has 5 heteroatoms. The predicted molar refractivity (Wildman–Crippen MR) is 297 cm³/mol. The highest BCUT2D eigenvalue weighted by Gasteiger charge is 2.17. The van der Waals surface area contributed by atoms with Gasteiger partial charge in [0.1, 0.15) is 6.61 Å².